The molecule has 150 valence electrons. The van der Waals surface area contributed by atoms with Crippen LogP contribution in [0, 0.1) is 11.3 Å². The van der Waals surface area contributed by atoms with Gasteiger partial charge in [-0.3, -0.25) is 4.79 Å². The van der Waals surface area contributed by atoms with E-state index in [1.54, 1.807) is 7.11 Å². The van der Waals surface area contributed by atoms with Gasteiger partial charge < -0.3 is 20.7 Å². The molecule has 1 saturated heterocycles. The highest BCUT2D eigenvalue weighted by Gasteiger charge is 2.34. The maximum absolute atomic E-state index is 12.5. The zero-order valence-electron chi connectivity index (χ0n) is 16.0. The van der Waals surface area contributed by atoms with Gasteiger partial charge in [-0.25, -0.2) is 0 Å². The molecule has 0 bridgehead atoms. The average molecular weight is 406 g/mol. The van der Waals surface area contributed by atoms with E-state index in [1.165, 1.54) is 0 Å². The highest BCUT2D eigenvalue weighted by atomic mass is 35.5. The second kappa shape index (κ2) is 11.5. The molecule has 1 aliphatic heterocycles. The molecule has 7 heteroatoms. The van der Waals surface area contributed by atoms with E-state index in [1.807, 2.05) is 32.0 Å². The lowest BCUT2D eigenvalue weighted by Crippen LogP contribution is -2.46. The van der Waals surface area contributed by atoms with Crippen molar-refractivity contribution < 1.29 is 9.53 Å². The molecule has 5 nitrogen and oxygen atoms in total. The van der Waals surface area contributed by atoms with Crippen molar-refractivity contribution in [3.63, 3.8) is 0 Å². The second-order valence-corrected chi connectivity index (χ2v) is 6.67. The van der Waals surface area contributed by atoms with Crippen molar-refractivity contribution in [2.75, 3.05) is 38.2 Å². The van der Waals surface area contributed by atoms with Crippen LogP contribution in [0.3, 0.4) is 0 Å². The third kappa shape index (κ3) is 5.41. The minimum absolute atomic E-state index is 0. The molecule has 2 rings (SSSR count). The molecule has 1 aromatic rings. The normalized spacial score (nSPS) is 16.5. The van der Waals surface area contributed by atoms with Crippen molar-refractivity contribution in [1.29, 1.82) is 0 Å². The molecule has 3 N–H and O–H groups in total. The van der Waals surface area contributed by atoms with Gasteiger partial charge in [0, 0.05) is 26.2 Å². The van der Waals surface area contributed by atoms with E-state index in [0.717, 1.165) is 43.8 Å². The standard InChI is InChI=1S/C19H31N3O2.2ClH/c1-4-19(5-2,14-20)18(23)21-12-15-10-11-22(13-15)16-8-6-7-9-17(16)24-3;;/h6-9,15H,4-5,10-14,20H2,1-3H3,(H,21,23);2*1H. The third-order valence-electron chi connectivity index (χ3n) is 5.49. The quantitative estimate of drug-likeness (QED) is 0.696. The molecular formula is C19H33Cl2N3O2. The zero-order valence-corrected chi connectivity index (χ0v) is 17.6. The van der Waals surface area contributed by atoms with Gasteiger partial charge in [0.1, 0.15) is 5.75 Å². The van der Waals surface area contributed by atoms with E-state index >= 15 is 0 Å². The molecule has 0 radical (unpaired) electrons. The summed E-state index contributed by atoms with van der Waals surface area (Å²) >= 11 is 0. The Balaban J connectivity index is 0.00000312. The molecule has 1 fully saturated rings. The van der Waals surface area contributed by atoms with Crippen molar-refractivity contribution in [1.82, 2.24) is 5.32 Å². The maximum atomic E-state index is 12.5. The fraction of sp³-hybridized carbons (Fsp3) is 0.632. The first-order valence-electron chi connectivity index (χ1n) is 8.96. The van der Waals surface area contributed by atoms with Crippen LogP contribution in [0.4, 0.5) is 5.69 Å². The first-order chi connectivity index (χ1) is 11.6. The van der Waals surface area contributed by atoms with E-state index in [9.17, 15) is 4.79 Å². The van der Waals surface area contributed by atoms with E-state index in [-0.39, 0.29) is 30.7 Å². The van der Waals surface area contributed by atoms with E-state index in [4.69, 9.17) is 10.5 Å². The Bertz CT molecular complexity index is 545. The Morgan fingerprint density at radius 2 is 1.96 bits per heavy atom. The van der Waals surface area contributed by atoms with E-state index in [2.05, 4.69) is 16.3 Å². The van der Waals surface area contributed by atoms with Gasteiger partial charge in [0.2, 0.25) is 5.91 Å². The van der Waals surface area contributed by atoms with Crippen LogP contribution in [-0.2, 0) is 4.79 Å². The SMILES string of the molecule is CCC(CC)(CN)C(=O)NCC1CCN(c2ccccc2OC)C1.Cl.Cl. The topological polar surface area (TPSA) is 67.6 Å². The van der Waals surface area contributed by atoms with Crippen LogP contribution < -0.4 is 20.7 Å². The highest BCUT2D eigenvalue weighted by Crippen LogP contribution is 2.32. The van der Waals surface area contributed by atoms with Gasteiger partial charge in [-0.1, -0.05) is 26.0 Å². The lowest BCUT2D eigenvalue weighted by atomic mass is 9.81. The number of rotatable bonds is 8. The van der Waals surface area contributed by atoms with Crippen LogP contribution in [-0.4, -0.2) is 39.2 Å². The fourth-order valence-electron chi connectivity index (χ4n) is 3.49. The predicted molar refractivity (Wildman–Crippen MR) is 113 cm³/mol. The molecule has 26 heavy (non-hydrogen) atoms. The van der Waals surface area contributed by atoms with Crippen molar-refractivity contribution in [2.45, 2.75) is 33.1 Å². The number of anilines is 1. The largest absolute Gasteiger partial charge is 0.495 e. The number of methoxy groups -OCH3 is 1. The number of nitrogens with zero attached hydrogens (tertiary/aromatic N) is 1. The fourth-order valence-corrected chi connectivity index (χ4v) is 3.49. The second-order valence-electron chi connectivity index (χ2n) is 6.67. The Hall–Kier alpha value is -1.17. The summed E-state index contributed by atoms with van der Waals surface area (Å²) in [7, 11) is 1.70. The summed E-state index contributed by atoms with van der Waals surface area (Å²) in [5.74, 6) is 1.47. The molecule has 0 saturated carbocycles. The average Bonchev–Trinajstić information content (AvgIpc) is 3.10. The number of ether oxygens (including phenoxy) is 1. The number of halogens is 2. The molecule has 1 atom stereocenters. The molecule has 1 heterocycles. The molecule has 1 aromatic carbocycles. The molecule has 1 aliphatic rings. The van der Waals surface area contributed by atoms with E-state index in [0.29, 0.717) is 19.0 Å². The molecular weight excluding hydrogens is 373 g/mol. The molecule has 0 aliphatic carbocycles. The first-order valence-corrected chi connectivity index (χ1v) is 8.96. The van der Waals surface area contributed by atoms with Crippen LogP contribution in [0.15, 0.2) is 24.3 Å². The van der Waals surface area contributed by atoms with Gasteiger partial charge in [0.05, 0.1) is 18.2 Å². The third-order valence-corrected chi connectivity index (χ3v) is 5.49. The molecule has 1 amide bonds. The summed E-state index contributed by atoms with van der Waals surface area (Å²) in [6.07, 6.45) is 2.64. The number of benzene rings is 1. The summed E-state index contributed by atoms with van der Waals surface area (Å²) in [4.78, 5) is 14.9. The Morgan fingerprint density at radius 1 is 1.31 bits per heavy atom. The predicted octanol–water partition coefficient (Wildman–Crippen LogP) is 3.25. The van der Waals surface area contributed by atoms with Crippen molar-refractivity contribution in [3.8, 4) is 5.75 Å². The van der Waals surface area contributed by atoms with Crippen LogP contribution in [0.25, 0.3) is 0 Å². The van der Waals surface area contributed by atoms with Crippen molar-refractivity contribution >= 4 is 36.4 Å². The van der Waals surface area contributed by atoms with E-state index < -0.39 is 5.41 Å². The summed E-state index contributed by atoms with van der Waals surface area (Å²) in [6, 6.07) is 8.10. The Kier molecular flexibility index (Phi) is 11.0. The van der Waals surface area contributed by atoms with Gasteiger partial charge in [-0.2, -0.15) is 0 Å². The van der Waals surface area contributed by atoms with Crippen molar-refractivity contribution in [2.24, 2.45) is 17.1 Å². The van der Waals surface area contributed by atoms with Gasteiger partial charge in [-0.15, -0.1) is 24.8 Å². The van der Waals surface area contributed by atoms with Gasteiger partial charge in [0.25, 0.3) is 0 Å². The number of para-hydroxylation sites is 2. The first kappa shape index (κ1) is 24.8. The lowest BCUT2D eigenvalue weighted by Gasteiger charge is -2.29. The number of hydrogen-bond acceptors (Lipinski definition) is 4. The van der Waals surface area contributed by atoms with Gasteiger partial charge in [0.15, 0.2) is 0 Å². The Morgan fingerprint density at radius 3 is 2.54 bits per heavy atom. The highest BCUT2D eigenvalue weighted by molar-refractivity contribution is 5.85. The summed E-state index contributed by atoms with van der Waals surface area (Å²) in [6.45, 7) is 7.12. The minimum atomic E-state index is -0.416. The van der Waals surface area contributed by atoms with Crippen LogP contribution in [0.2, 0.25) is 0 Å². The van der Waals surface area contributed by atoms with Gasteiger partial charge in [-0.05, 0) is 37.3 Å². The molecule has 0 spiro atoms. The number of carbonyl (C=O) groups is 1. The summed E-state index contributed by atoms with van der Waals surface area (Å²) in [5, 5.41) is 3.14. The Labute approximate surface area is 169 Å². The van der Waals surface area contributed by atoms with Crippen LogP contribution in [0.5, 0.6) is 5.75 Å². The van der Waals surface area contributed by atoms with Crippen LogP contribution >= 0.6 is 24.8 Å². The lowest BCUT2D eigenvalue weighted by molar-refractivity contribution is -0.131. The minimum Gasteiger partial charge on any atom is -0.495 e. The number of hydrogen-bond donors (Lipinski definition) is 2. The number of amides is 1. The van der Waals surface area contributed by atoms with Crippen LogP contribution in [0.1, 0.15) is 33.1 Å². The number of carbonyl (C=O) groups excluding carboxylic acids is 1. The number of nitrogens with one attached hydrogen (secondary N) is 1. The maximum Gasteiger partial charge on any atom is 0.227 e. The smallest absolute Gasteiger partial charge is 0.227 e. The van der Waals surface area contributed by atoms with Gasteiger partial charge >= 0.3 is 0 Å². The van der Waals surface area contributed by atoms with Crippen molar-refractivity contribution in [3.05, 3.63) is 24.3 Å². The summed E-state index contributed by atoms with van der Waals surface area (Å²) in [5.41, 5.74) is 6.58. The molecule has 0 aromatic heterocycles. The number of nitrogens with two attached hydrogens (primary N) is 1. The molecule has 1 unspecified atom stereocenters. The monoisotopic (exact) mass is 405 g/mol. The zero-order chi connectivity index (χ0) is 17.6. The summed E-state index contributed by atoms with van der Waals surface area (Å²) < 4.78 is 5.45.